The van der Waals surface area contributed by atoms with Gasteiger partial charge in [-0.2, -0.15) is 0 Å². The van der Waals surface area contributed by atoms with Gasteiger partial charge in [0.15, 0.2) is 0 Å². The molecule has 0 aliphatic carbocycles. The average molecular weight is 293 g/mol. The smallest absolute Gasteiger partial charge is 0.224 e. The predicted octanol–water partition coefficient (Wildman–Crippen LogP) is 1.57. The summed E-state index contributed by atoms with van der Waals surface area (Å²) < 4.78 is 0. The lowest BCUT2D eigenvalue weighted by molar-refractivity contribution is -0.116. The van der Waals surface area contributed by atoms with Gasteiger partial charge in [-0.3, -0.25) is 4.79 Å². The van der Waals surface area contributed by atoms with Crippen LogP contribution in [0.1, 0.15) is 31.7 Å². The van der Waals surface area contributed by atoms with Crippen molar-refractivity contribution in [1.82, 2.24) is 4.90 Å². The fraction of sp³-hybridized carbons (Fsp3) is 0.562. The molecule has 0 saturated carbocycles. The highest BCUT2D eigenvalue weighted by atomic mass is 16.3. The van der Waals surface area contributed by atoms with Crippen LogP contribution in [0.15, 0.2) is 24.3 Å². The molecule has 21 heavy (non-hydrogen) atoms. The molecule has 0 saturated heterocycles. The Morgan fingerprint density at radius 1 is 1.29 bits per heavy atom. The summed E-state index contributed by atoms with van der Waals surface area (Å²) in [7, 11) is 0. The number of amides is 1. The van der Waals surface area contributed by atoms with E-state index in [9.17, 15) is 4.79 Å². The molecule has 0 bridgehead atoms. The van der Waals surface area contributed by atoms with E-state index >= 15 is 0 Å². The lowest BCUT2D eigenvalue weighted by Crippen LogP contribution is -2.29. The molecule has 4 N–H and O–H groups in total. The molecular weight excluding hydrogens is 266 g/mol. The zero-order valence-corrected chi connectivity index (χ0v) is 12.8. The van der Waals surface area contributed by atoms with Gasteiger partial charge in [-0.15, -0.1) is 0 Å². The second kappa shape index (κ2) is 10.3. The summed E-state index contributed by atoms with van der Waals surface area (Å²) in [5, 5.41) is 11.9. The number of hydrogen-bond acceptors (Lipinski definition) is 4. The van der Waals surface area contributed by atoms with Gasteiger partial charge < -0.3 is 21.1 Å². The first-order valence-corrected chi connectivity index (χ1v) is 7.62. The van der Waals surface area contributed by atoms with Gasteiger partial charge in [0, 0.05) is 25.2 Å². The van der Waals surface area contributed by atoms with Crippen molar-refractivity contribution >= 4 is 11.6 Å². The van der Waals surface area contributed by atoms with Gasteiger partial charge in [0.25, 0.3) is 0 Å². The van der Waals surface area contributed by atoms with Crippen LogP contribution in [0.25, 0.3) is 0 Å². The number of aliphatic hydroxyl groups is 1. The number of nitrogens with zero attached hydrogens (tertiary/aromatic N) is 1. The van der Waals surface area contributed by atoms with Crippen molar-refractivity contribution in [3.63, 3.8) is 0 Å². The molecule has 5 nitrogen and oxygen atoms in total. The molecular formula is C16H27N3O2. The Morgan fingerprint density at radius 3 is 2.71 bits per heavy atom. The Balaban J connectivity index is 2.36. The Morgan fingerprint density at radius 2 is 2.05 bits per heavy atom. The number of hydrogen-bond donors (Lipinski definition) is 3. The molecule has 1 aromatic rings. The standard InChI is InChI=1S/C16H27N3O2/c1-2-9-19(11-12-20)10-5-8-16(21)18-15-7-4-3-6-14(15)13-17/h3-4,6-7,20H,2,5,8-13,17H2,1H3,(H,18,21). The van der Waals surface area contributed by atoms with Crippen molar-refractivity contribution in [2.45, 2.75) is 32.7 Å². The van der Waals surface area contributed by atoms with E-state index in [1.54, 1.807) is 0 Å². The van der Waals surface area contributed by atoms with E-state index in [0.29, 0.717) is 19.5 Å². The van der Waals surface area contributed by atoms with E-state index in [0.717, 1.165) is 37.2 Å². The van der Waals surface area contributed by atoms with E-state index in [2.05, 4.69) is 17.1 Å². The van der Waals surface area contributed by atoms with Crippen LogP contribution in [0, 0.1) is 0 Å². The third-order valence-corrected chi connectivity index (χ3v) is 3.35. The lowest BCUT2D eigenvalue weighted by Gasteiger charge is -2.20. The van der Waals surface area contributed by atoms with Gasteiger partial charge >= 0.3 is 0 Å². The monoisotopic (exact) mass is 293 g/mol. The Labute approximate surface area is 127 Å². The maximum absolute atomic E-state index is 12.0. The third-order valence-electron chi connectivity index (χ3n) is 3.35. The molecule has 0 heterocycles. The number of benzene rings is 1. The number of nitrogens with one attached hydrogen (secondary N) is 1. The highest BCUT2D eigenvalue weighted by molar-refractivity contribution is 5.91. The van der Waals surface area contributed by atoms with E-state index in [4.69, 9.17) is 10.8 Å². The third kappa shape index (κ3) is 6.71. The quantitative estimate of drug-likeness (QED) is 0.612. The van der Waals surface area contributed by atoms with Crippen LogP contribution in [-0.4, -0.2) is 42.2 Å². The molecule has 0 fully saturated rings. The number of rotatable bonds is 10. The van der Waals surface area contributed by atoms with Crippen molar-refractivity contribution in [2.24, 2.45) is 5.73 Å². The number of aliphatic hydroxyl groups excluding tert-OH is 1. The molecule has 1 rings (SSSR count). The van der Waals surface area contributed by atoms with Crippen molar-refractivity contribution in [1.29, 1.82) is 0 Å². The van der Waals surface area contributed by atoms with Gasteiger partial charge in [-0.25, -0.2) is 0 Å². The normalized spacial score (nSPS) is 10.9. The van der Waals surface area contributed by atoms with E-state index in [-0.39, 0.29) is 12.5 Å². The fourth-order valence-corrected chi connectivity index (χ4v) is 2.29. The van der Waals surface area contributed by atoms with Crippen LogP contribution in [0.2, 0.25) is 0 Å². The molecule has 5 heteroatoms. The Hall–Kier alpha value is -1.43. The summed E-state index contributed by atoms with van der Waals surface area (Å²) in [6, 6.07) is 7.59. The van der Waals surface area contributed by atoms with Crippen LogP contribution in [0.5, 0.6) is 0 Å². The van der Waals surface area contributed by atoms with Gasteiger partial charge in [0.05, 0.1) is 6.61 Å². The lowest BCUT2D eigenvalue weighted by atomic mass is 10.1. The first-order chi connectivity index (χ1) is 10.2. The van der Waals surface area contributed by atoms with Crippen molar-refractivity contribution in [3.05, 3.63) is 29.8 Å². The maximum Gasteiger partial charge on any atom is 0.224 e. The van der Waals surface area contributed by atoms with Crippen LogP contribution < -0.4 is 11.1 Å². The molecule has 0 aromatic heterocycles. The summed E-state index contributed by atoms with van der Waals surface area (Å²) in [5.74, 6) is 0.0105. The zero-order chi connectivity index (χ0) is 15.5. The number of carbonyl (C=O) groups is 1. The number of nitrogens with two attached hydrogens (primary N) is 1. The number of para-hydroxylation sites is 1. The highest BCUT2D eigenvalue weighted by Gasteiger charge is 2.07. The summed E-state index contributed by atoms with van der Waals surface area (Å²) >= 11 is 0. The largest absolute Gasteiger partial charge is 0.395 e. The maximum atomic E-state index is 12.0. The molecule has 0 aliphatic heterocycles. The molecule has 0 spiro atoms. The van der Waals surface area contributed by atoms with Gasteiger partial charge in [-0.05, 0) is 37.6 Å². The second-order valence-corrected chi connectivity index (χ2v) is 5.08. The van der Waals surface area contributed by atoms with Gasteiger partial charge in [0.1, 0.15) is 0 Å². The molecule has 0 radical (unpaired) electrons. The molecule has 0 atom stereocenters. The van der Waals surface area contributed by atoms with Crippen molar-refractivity contribution in [3.8, 4) is 0 Å². The summed E-state index contributed by atoms with van der Waals surface area (Å²) in [6.45, 7) is 5.15. The molecule has 1 aromatic carbocycles. The van der Waals surface area contributed by atoms with E-state index in [1.807, 2.05) is 24.3 Å². The predicted molar refractivity (Wildman–Crippen MR) is 86.0 cm³/mol. The molecule has 1 amide bonds. The first-order valence-electron chi connectivity index (χ1n) is 7.62. The van der Waals surface area contributed by atoms with Gasteiger partial charge in [-0.1, -0.05) is 25.1 Å². The molecule has 118 valence electrons. The fourth-order valence-electron chi connectivity index (χ4n) is 2.29. The summed E-state index contributed by atoms with van der Waals surface area (Å²) in [5.41, 5.74) is 7.39. The highest BCUT2D eigenvalue weighted by Crippen LogP contribution is 2.14. The van der Waals surface area contributed by atoms with Crippen LogP contribution in [-0.2, 0) is 11.3 Å². The number of carbonyl (C=O) groups excluding carboxylic acids is 1. The van der Waals surface area contributed by atoms with Crippen molar-refractivity contribution in [2.75, 3.05) is 31.6 Å². The van der Waals surface area contributed by atoms with Crippen LogP contribution in [0.3, 0.4) is 0 Å². The minimum absolute atomic E-state index is 0.0105. The minimum Gasteiger partial charge on any atom is -0.395 e. The van der Waals surface area contributed by atoms with E-state index < -0.39 is 0 Å². The van der Waals surface area contributed by atoms with Gasteiger partial charge in [0.2, 0.25) is 5.91 Å². The number of anilines is 1. The average Bonchev–Trinajstić information content (AvgIpc) is 2.48. The topological polar surface area (TPSA) is 78.6 Å². The molecule has 0 unspecified atom stereocenters. The van der Waals surface area contributed by atoms with Crippen molar-refractivity contribution < 1.29 is 9.90 Å². The Kier molecular flexibility index (Phi) is 8.66. The second-order valence-electron chi connectivity index (χ2n) is 5.08. The SMILES string of the molecule is CCCN(CCO)CCCC(=O)Nc1ccccc1CN. The zero-order valence-electron chi connectivity index (χ0n) is 12.8. The van der Waals surface area contributed by atoms with Crippen LogP contribution in [0.4, 0.5) is 5.69 Å². The summed E-state index contributed by atoms with van der Waals surface area (Å²) in [4.78, 5) is 14.1. The van der Waals surface area contributed by atoms with E-state index in [1.165, 1.54) is 0 Å². The Bertz CT molecular complexity index is 418. The minimum atomic E-state index is 0.0105. The first kappa shape index (κ1) is 17.6. The summed E-state index contributed by atoms with van der Waals surface area (Å²) in [6.07, 6.45) is 2.32. The molecule has 0 aliphatic rings. The van der Waals surface area contributed by atoms with Crippen LogP contribution >= 0.6 is 0 Å².